The van der Waals surface area contributed by atoms with Gasteiger partial charge in [0, 0.05) is 44.7 Å². The number of ether oxygens (including phenoxy) is 1. The number of guanidine groups is 1. The van der Waals surface area contributed by atoms with E-state index in [1.54, 1.807) is 0 Å². The van der Waals surface area contributed by atoms with Crippen molar-refractivity contribution in [3.63, 3.8) is 0 Å². The average molecular weight is 488 g/mol. The van der Waals surface area contributed by atoms with Crippen molar-refractivity contribution in [3.8, 4) is 0 Å². The number of nitrogens with zero attached hydrogens (tertiary/aromatic N) is 2. The summed E-state index contributed by atoms with van der Waals surface area (Å²) in [6, 6.07) is 11.0. The Kier molecular flexibility index (Phi) is 11.9. The van der Waals surface area contributed by atoms with E-state index in [1.807, 2.05) is 0 Å². The smallest absolute Gasteiger partial charge is 0.191 e. The lowest BCUT2D eigenvalue weighted by molar-refractivity contribution is 0.0323. The van der Waals surface area contributed by atoms with Gasteiger partial charge in [0.15, 0.2) is 5.96 Å². The molecular weight excluding hydrogens is 451 g/mol. The SMILES string of the molecule is CCNC(=NCC(C)CN1CCOCC1)NC(C)C(C)c1ccccc1.I. The van der Waals surface area contributed by atoms with Crippen LogP contribution in [0.15, 0.2) is 35.3 Å². The van der Waals surface area contributed by atoms with Gasteiger partial charge >= 0.3 is 0 Å². The van der Waals surface area contributed by atoms with Gasteiger partial charge in [0.2, 0.25) is 0 Å². The first kappa shape index (κ1) is 24.2. The molecule has 3 unspecified atom stereocenters. The van der Waals surface area contributed by atoms with Crippen LogP contribution in [0.2, 0.25) is 0 Å². The number of rotatable bonds is 8. The molecule has 0 bridgehead atoms. The lowest BCUT2D eigenvalue weighted by Crippen LogP contribution is -2.44. The number of halogens is 1. The maximum Gasteiger partial charge on any atom is 0.191 e. The highest BCUT2D eigenvalue weighted by molar-refractivity contribution is 14.0. The first-order valence-electron chi connectivity index (χ1n) is 10.00. The third kappa shape index (κ3) is 8.79. The summed E-state index contributed by atoms with van der Waals surface area (Å²) in [6.07, 6.45) is 0. The highest BCUT2D eigenvalue weighted by Crippen LogP contribution is 2.18. The fourth-order valence-corrected chi connectivity index (χ4v) is 3.24. The Hall–Kier alpha value is -0.860. The number of aliphatic imine (C=N–C) groups is 1. The van der Waals surface area contributed by atoms with Crippen molar-refractivity contribution < 1.29 is 4.74 Å². The van der Waals surface area contributed by atoms with Crippen LogP contribution in [0.3, 0.4) is 0 Å². The Balaban J connectivity index is 0.00000364. The van der Waals surface area contributed by atoms with E-state index >= 15 is 0 Å². The van der Waals surface area contributed by atoms with Gasteiger partial charge in [-0.1, -0.05) is 44.2 Å². The summed E-state index contributed by atoms with van der Waals surface area (Å²) >= 11 is 0. The summed E-state index contributed by atoms with van der Waals surface area (Å²) in [5.74, 6) is 1.87. The van der Waals surface area contributed by atoms with Crippen molar-refractivity contribution in [1.29, 1.82) is 0 Å². The number of hydrogen-bond donors (Lipinski definition) is 2. The minimum atomic E-state index is 0. The number of morpholine rings is 1. The maximum atomic E-state index is 5.42. The standard InChI is InChI=1S/C21H36N4O.HI/c1-5-22-21(23-15-17(2)16-25-11-13-26-14-12-25)24-19(4)18(3)20-9-7-6-8-10-20;/h6-10,17-19H,5,11-16H2,1-4H3,(H2,22,23,24);1H. The first-order chi connectivity index (χ1) is 12.6. The van der Waals surface area contributed by atoms with Gasteiger partial charge in [-0.2, -0.15) is 0 Å². The van der Waals surface area contributed by atoms with Gasteiger partial charge in [-0.3, -0.25) is 9.89 Å². The molecule has 1 aromatic rings. The van der Waals surface area contributed by atoms with Crippen LogP contribution in [0.1, 0.15) is 39.2 Å². The minimum absolute atomic E-state index is 0. The topological polar surface area (TPSA) is 48.9 Å². The largest absolute Gasteiger partial charge is 0.379 e. The van der Waals surface area contributed by atoms with E-state index in [0.717, 1.165) is 51.9 Å². The van der Waals surface area contributed by atoms with Gasteiger partial charge < -0.3 is 15.4 Å². The summed E-state index contributed by atoms with van der Waals surface area (Å²) in [7, 11) is 0. The van der Waals surface area contributed by atoms with Crippen LogP contribution in [-0.2, 0) is 4.74 Å². The van der Waals surface area contributed by atoms with E-state index in [0.29, 0.717) is 17.9 Å². The van der Waals surface area contributed by atoms with Crippen LogP contribution in [0.4, 0.5) is 0 Å². The molecule has 6 heteroatoms. The van der Waals surface area contributed by atoms with Crippen LogP contribution in [-0.4, -0.2) is 62.8 Å². The molecule has 0 radical (unpaired) electrons. The molecule has 1 aliphatic rings. The molecule has 2 N–H and O–H groups in total. The Bertz CT molecular complexity index is 534. The summed E-state index contributed by atoms with van der Waals surface area (Å²) in [5, 5.41) is 6.96. The third-order valence-corrected chi connectivity index (χ3v) is 5.02. The van der Waals surface area contributed by atoms with Gasteiger partial charge in [-0.15, -0.1) is 24.0 Å². The summed E-state index contributed by atoms with van der Waals surface area (Å²) < 4.78 is 5.42. The summed E-state index contributed by atoms with van der Waals surface area (Å²) in [6.45, 7) is 15.5. The molecule has 27 heavy (non-hydrogen) atoms. The second kappa shape index (κ2) is 13.3. The third-order valence-electron chi connectivity index (χ3n) is 5.02. The predicted molar refractivity (Wildman–Crippen MR) is 125 cm³/mol. The van der Waals surface area contributed by atoms with E-state index in [-0.39, 0.29) is 24.0 Å². The molecule has 0 aromatic heterocycles. The molecule has 1 heterocycles. The number of nitrogens with one attached hydrogen (secondary N) is 2. The first-order valence-corrected chi connectivity index (χ1v) is 10.00. The lowest BCUT2D eigenvalue weighted by atomic mass is 9.94. The van der Waals surface area contributed by atoms with Crippen LogP contribution in [0, 0.1) is 5.92 Å². The Morgan fingerprint density at radius 2 is 1.81 bits per heavy atom. The fraction of sp³-hybridized carbons (Fsp3) is 0.667. The van der Waals surface area contributed by atoms with Crippen molar-refractivity contribution in [2.75, 3.05) is 45.9 Å². The predicted octanol–water partition coefficient (Wildman–Crippen LogP) is 3.32. The number of hydrogen-bond acceptors (Lipinski definition) is 3. The second-order valence-corrected chi connectivity index (χ2v) is 7.37. The molecule has 1 aliphatic heterocycles. The minimum Gasteiger partial charge on any atom is -0.379 e. The summed E-state index contributed by atoms with van der Waals surface area (Å²) in [4.78, 5) is 7.31. The van der Waals surface area contributed by atoms with Gasteiger partial charge in [0.25, 0.3) is 0 Å². The van der Waals surface area contributed by atoms with E-state index in [9.17, 15) is 0 Å². The zero-order valence-corrected chi connectivity index (χ0v) is 19.6. The Morgan fingerprint density at radius 3 is 2.44 bits per heavy atom. The highest BCUT2D eigenvalue weighted by atomic mass is 127. The van der Waals surface area contributed by atoms with Crippen LogP contribution < -0.4 is 10.6 Å². The molecule has 0 saturated carbocycles. The molecule has 1 fully saturated rings. The van der Waals surface area contributed by atoms with Crippen LogP contribution in [0.5, 0.6) is 0 Å². The molecule has 1 aromatic carbocycles. The normalized spacial score (nSPS) is 18.9. The van der Waals surface area contributed by atoms with Crippen molar-refractivity contribution in [2.24, 2.45) is 10.9 Å². The highest BCUT2D eigenvalue weighted by Gasteiger charge is 2.16. The zero-order chi connectivity index (χ0) is 18.8. The van der Waals surface area contributed by atoms with Crippen molar-refractivity contribution in [3.05, 3.63) is 35.9 Å². The van der Waals surface area contributed by atoms with E-state index in [4.69, 9.17) is 9.73 Å². The average Bonchev–Trinajstić information content (AvgIpc) is 2.67. The monoisotopic (exact) mass is 488 g/mol. The van der Waals surface area contributed by atoms with Gasteiger partial charge in [0.05, 0.1) is 13.2 Å². The van der Waals surface area contributed by atoms with Crippen LogP contribution in [0.25, 0.3) is 0 Å². The Morgan fingerprint density at radius 1 is 1.15 bits per heavy atom. The van der Waals surface area contributed by atoms with Crippen LogP contribution >= 0.6 is 24.0 Å². The fourth-order valence-electron chi connectivity index (χ4n) is 3.24. The van der Waals surface area contributed by atoms with E-state index in [2.05, 4.69) is 73.6 Å². The molecular formula is C21H37IN4O. The molecule has 2 rings (SSSR count). The Labute approximate surface area is 182 Å². The van der Waals surface area contributed by atoms with Crippen molar-refractivity contribution in [2.45, 2.75) is 39.7 Å². The molecule has 0 aliphatic carbocycles. The van der Waals surface area contributed by atoms with Gasteiger partial charge in [-0.25, -0.2) is 0 Å². The van der Waals surface area contributed by atoms with Gasteiger partial charge in [-0.05, 0) is 25.3 Å². The van der Waals surface area contributed by atoms with Crippen molar-refractivity contribution >= 4 is 29.9 Å². The van der Waals surface area contributed by atoms with Gasteiger partial charge in [0.1, 0.15) is 0 Å². The molecule has 5 nitrogen and oxygen atoms in total. The van der Waals surface area contributed by atoms with Crippen molar-refractivity contribution in [1.82, 2.24) is 15.5 Å². The summed E-state index contributed by atoms with van der Waals surface area (Å²) in [5.41, 5.74) is 1.35. The maximum absolute atomic E-state index is 5.42. The van der Waals surface area contributed by atoms with E-state index in [1.165, 1.54) is 5.56 Å². The van der Waals surface area contributed by atoms with E-state index < -0.39 is 0 Å². The molecule has 154 valence electrons. The molecule has 3 atom stereocenters. The molecule has 1 saturated heterocycles. The lowest BCUT2D eigenvalue weighted by Gasteiger charge is -2.29. The molecule has 0 amide bonds. The zero-order valence-electron chi connectivity index (χ0n) is 17.3. The molecule has 0 spiro atoms. The number of benzene rings is 1. The second-order valence-electron chi connectivity index (χ2n) is 7.37. The quantitative estimate of drug-likeness (QED) is 0.335.